The molecule has 2 fully saturated rings. The van der Waals surface area contributed by atoms with Crippen LogP contribution in [-0.2, 0) is 0 Å². The van der Waals surface area contributed by atoms with Crippen LogP contribution in [0.4, 0.5) is 4.79 Å². The summed E-state index contributed by atoms with van der Waals surface area (Å²) in [7, 11) is 0. The summed E-state index contributed by atoms with van der Waals surface area (Å²) in [5.74, 6) is 0.883. The molecule has 0 bridgehead atoms. The first kappa shape index (κ1) is 19.0. The predicted molar refractivity (Wildman–Crippen MR) is 105 cm³/mol. The summed E-state index contributed by atoms with van der Waals surface area (Å²) < 4.78 is 5.95. The summed E-state index contributed by atoms with van der Waals surface area (Å²) in [4.78, 5) is 16.8. The Bertz CT molecular complexity index is 529. The van der Waals surface area contributed by atoms with Gasteiger partial charge >= 0.3 is 6.03 Å². The molecule has 0 aromatic heterocycles. The van der Waals surface area contributed by atoms with Crippen LogP contribution in [0, 0.1) is 0 Å². The second-order valence-electron chi connectivity index (χ2n) is 7.48. The number of ether oxygens (including phenoxy) is 1. The number of nitrogens with one attached hydrogen (secondary N) is 1. The first-order chi connectivity index (χ1) is 12.8. The summed E-state index contributed by atoms with van der Waals surface area (Å²) in [6, 6.07) is 9.91. The van der Waals surface area contributed by atoms with Gasteiger partial charge in [0.25, 0.3) is 0 Å². The molecule has 1 aromatic rings. The van der Waals surface area contributed by atoms with E-state index >= 15 is 0 Å². The van der Waals surface area contributed by atoms with Crippen LogP contribution in [0.3, 0.4) is 0 Å². The molecular formula is C21H33N3O2. The molecule has 2 saturated heterocycles. The molecule has 5 heteroatoms. The summed E-state index contributed by atoms with van der Waals surface area (Å²) in [6.07, 6.45) is 8.69. The van der Waals surface area contributed by atoms with Crippen molar-refractivity contribution in [1.29, 1.82) is 0 Å². The number of hydrogen-bond acceptors (Lipinski definition) is 3. The highest BCUT2D eigenvalue weighted by molar-refractivity contribution is 5.74. The Morgan fingerprint density at radius 2 is 1.81 bits per heavy atom. The van der Waals surface area contributed by atoms with E-state index in [2.05, 4.69) is 10.2 Å². The van der Waals surface area contributed by atoms with E-state index in [0.717, 1.165) is 31.7 Å². The molecule has 1 atom stereocenters. The second kappa shape index (κ2) is 10.4. The van der Waals surface area contributed by atoms with Crippen molar-refractivity contribution in [2.24, 2.45) is 0 Å². The van der Waals surface area contributed by atoms with E-state index < -0.39 is 0 Å². The smallest absolute Gasteiger partial charge is 0.317 e. The van der Waals surface area contributed by atoms with Crippen molar-refractivity contribution in [1.82, 2.24) is 15.1 Å². The average Bonchev–Trinajstić information content (AvgIpc) is 2.97. The van der Waals surface area contributed by atoms with Crippen LogP contribution in [0.5, 0.6) is 5.75 Å². The van der Waals surface area contributed by atoms with E-state index in [4.69, 9.17) is 4.74 Å². The van der Waals surface area contributed by atoms with Crippen LogP contribution < -0.4 is 10.1 Å². The minimum Gasteiger partial charge on any atom is -0.489 e. The topological polar surface area (TPSA) is 44.8 Å². The molecule has 0 saturated carbocycles. The number of para-hydroxylation sites is 1. The maximum absolute atomic E-state index is 12.3. The van der Waals surface area contributed by atoms with Gasteiger partial charge in [0, 0.05) is 19.5 Å². The normalized spacial score (nSPS) is 21.4. The summed E-state index contributed by atoms with van der Waals surface area (Å²) in [6.45, 7) is 5.90. The van der Waals surface area contributed by atoms with Crippen LogP contribution in [0.15, 0.2) is 30.3 Å². The maximum Gasteiger partial charge on any atom is 0.317 e. The number of urea groups is 1. The largest absolute Gasteiger partial charge is 0.489 e. The number of carbonyl (C=O) groups excluding carboxylic acids is 1. The van der Waals surface area contributed by atoms with E-state index in [-0.39, 0.29) is 12.1 Å². The van der Waals surface area contributed by atoms with Crippen molar-refractivity contribution in [3.05, 3.63) is 30.3 Å². The third-order valence-electron chi connectivity index (χ3n) is 5.35. The van der Waals surface area contributed by atoms with Gasteiger partial charge in [0.1, 0.15) is 11.9 Å². The molecule has 2 amide bonds. The Balaban J connectivity index is 1.27. The van der Waals surface area contributed by atoms with Crippen molar-refractivity contribution in [3.8, 4) is 5.75 Å². The molecule has 3 rings (SSSR count). The van der Waals surface area contributed by atoms with Crippen LogP contribution in [-0.4, -0.2) is 61.2 Å². The highest BCUT2D eigenvalue weighted by Crippen LogP contribution is 2.18. The van der Waals surface area contributed by atoms with Gasteiger partial charge < -0.3 is 19.9 Å². The molecular weight excluding hydrogens is 326 g/mol. The minimum atomic E-state index is 0.0546. The molecule has 2 aliphatic heterocycles. The molecule has 26 heavy (non-hydrogen) atoms. The minimum absolute atomic E-state index is 0.0546. The van der Waals surface area contributed by atoms with Gasteiger partial charge in [-0.15, -0.1) is 0 Å². The summed E-state index contributed by atoms with van der Waals surface area (Å²) >= 11 is 0. The van der Waals surface area contributed by atoms with Gasteiger partial charge in [0.15, 0.2) is 0 Å². The highest BCUT2D eigenvalue weighted by atomic mass is 16.5. The number of unbranched alkanes of at least 4 members (excludes halogenated alkanes) is 1. The standard InChI is InChI=1S/C21H33N3O2/c25-21(22-13-6-9-16-23-14-7-1-2-8-15-23)24-17-12-20(18-24)26-19-10-4-3-5-11-19/h3-5,10-11,20H,1-2,6-9,12-18H2,(H,22,25)/t20-/m1/s1. The molecule has 5 nitrogen and oxygen atoms in total. The van der Waals surface area contributed by atoms with Crippen molar-refractivity contribution in [2.45, 2.75) is 51.0 Å². The quantitative estimate of drug-likeness (QED) is 0.758. The van der Waals surface area contributed by atoms with Gasteiger partial charge in [-0.2, -0.15) is 0 Å². The third-order valence-corrected chi connectivity index (χ3v) is 5.35. The fraction of sp³-hybridized carbons (Fsp3) is 0.667. The van der Waals surface area contributed by atoms with Gasteiger partial charge in [-0.05, 0) is 57.5 Å². The zero-order chi connectivity index (χ0) is 18.0. The number of amides is 2. The van der Waals surface area contributed by atoms with Gasteiger partial charge in [0.05, 0.1) is 6.54 Å². The first-order valence-electron chi connectivity index (χ1n) is 10.3. The molecule has 144 valence electrons. The van der Waals surface area contributed by atoms with Crippen molar-refractivity contribution >= 4 is 6.03 Å². The van der Waals surface area contributed by atoms with Crippen LogP contribution >= 0.6 is 0 Å². The van der Waals surface area contributed by atoms with Crippen molar-refractivity contribution < 1.29 is 9.53 Å². The lowest BCUT2D eigenvalue weighted by Gasteiger charge is -2.20. The maximum atomic E-state index is 12.3. The monoisotopic (exact) mass is 359 g/mol. The van der Waals surface area contributed by atoms with Gasteiger partial charge in [0.2, 0.25) is 0 Å². The third kappa shape index (κ3) is 6.20. The molecule has 0 unspecified atom stereocenters. The zero-order valence-corrected chi connectivity index (χ0v) is 15.9. The Kier molecular flexibility index (Phi) is 7.62. The van der Waals surface area contributed by atoms with E-state index in [1.165, 1.54) is 51.7 Å². The molecule has 2 heterocycles. The molecule has 0 aliphatic carbocycles. The van der Waals surface area contributed by atoms with Crippen LogP contribution in [0.1, 0.15) is 44.9 Å². The van der Waals surface area contributed by atoms with Gasteiger partial charge in [-0.25, -0.2) is 4.79 Å². The fourth-order valence-corrected chi connectivity index (χ4v) is 3.83. The molecule has 0 radical (unpaired) electrons. The zero-order valence-electron chi connectivity index (χ0n) is 15.9. The van der Waals surface area contributed by atoms with E-state index in [9.17, 15) is 4.79 Å². The molecule has 0 spiro atoms. The Hall–Kier alpha value is -1.75. The number of likely N-dealkylation sites (tertiary alicyclic amines) is 2. The lowest BCUT2D eigenvalue weighted by molar-refractivity contribution is 0.186. The second-order valence-corrected chi connectivity index (χ2v) is 7.48. The molecule has 1 N–H and O–H groups in total. The van der Waals surface area contributed by atoms with Gasteiger partial charge in [-0.1, -0.05) is 31.0 Å². The highest BCUT2D eigenvalue weighted by Gasteiger charge is 2.27. The molecule has 2 aliphatic rings. The number of hydrogen-bond donors (Lipinski definition) is 1. The van der Waals surface area contributed by atoms with E-state index in [0.29, 0.717) is 6.54 Å². The summed E-state index contributed by atoms with van der Waals surface area (Å²) in [5.41, 5.74) is 0. The van der Waals surface area contributed by atoms with E-state index in [1.807, 2.05) is 35.2 Å². The van der Waals surface area contributed by atoms with Gasteiger partial charge in [-0.3, -0.25) is 0 Å². The Labute approximate surface area is 157 Å². The lowest BCUT2D eigenvalue weighted by atomic mass is 10.2. The van der Waals surface area contributed by atoms with Crippen molar-refractivity contribution in [3.63, 3.8) is 0 Å². The Morgan fingerprint density at radius 1 is 1.04 bits per heavy atom. The predicted octanol–water partition coefficient (Wildman–Crippen LogP) is 3.51. The number of nitrogens with zero attached hydrogens (tertiary/aromatic N) is 2. The Morgan fingerprint density at radius 3 is 2.58 bits per heavy atom. The van der Waals surface area contributed by atoms with Crippen LogP contribution in [0.2, 0.25) is 0 Å². The number of rotatable bonds is 7. The average molecular weight is 360 g/mol. The lowest BCUT2D eigenvalue weighted by Crippen LogP contribution is -2.40. The van der Waals surface area contributed by atoms with Crippen molar-refractivity contribution in [2.75, 3.05) is 39.3 Å². The SMILES string of the molecule is O=C(NCCCCN1CCCCCC1)N1CC[C@@H](Oc2ccccc2)C1. The summed E-state index contributed by atoms with van der Waals surface area (Å²) in [5, 5.41) is 3.07. The number of carbonyl (C=O) groups is 1. The van der Waals surface area contributed by atoms with Crippen LogP contribution in [0.25, 0.3) is 0 Å². The number of benzene rings is 1. The van der Waals surface area contributed by atoms with E-state index in [1.54, 1.807) is 0 Å². The molecule has 1 aromatic carbocycles. The fourth-order valence-electron chi connectivity index (χ4n) is 3.83. The first-order valence-corrected chi connectivity index (χ1v) is 10.3.